The summed E-state index contributed by atoms with van der Waals surface area (Å²) in [5, 5.41) is 2.97. The number of rotatable bonds is 6. The van der Waals surface area contributed by atoms with Gasteiger partial charge in [-0.2, -0.15) is 0 Å². The number of furan rings is 1. The van der Waals surface area contributed by atoms with Crippen molar-refractivity contribution in [2.75, 3.05) is 5.32 Å². The Balaban J connectivity index is 1.69. The number of benzene rings is 2. The Bertz CT molecular complexity index is 893. The number of carbonyl (C=O) groups excluding carboxylic acids is 1. The molecule has 1 aromatic heterocycles. The molecule has 3 nitrogen and oxygen atoms in total. The van der Waals surface area contributed by atoms with E-state index in [4.69, 9.17) is 4.42 Å². The van der Waals surface area contributed by atoms with Crippen molar-refractivity contribution in [2.24, 2.45) is 0 Å². The van der Waals surface area contributed by atoms with Crippen LogP contribution in [0.5, 0.6) is 0 Å². The Morgan fingerprint density at radius 3 is 2.54 bits per heavy atom. The molecule has 0 aliphatic rings. The van der Waals surface area contributed by atoms with Crippen LogP contribution in [0.15, 0.2) is 77.2 Å². The van der Waals surface area contributed by atoms with Gasteiger partial charge in [-0.05, 0) is 42.2 Å². The molecule has 1 atom stereocenters. The van der Waals surface area contributed by atoms with Gasteiger partial charge in [-0.15, -0.1) is 0 Å². The Morgan fingerprint density at radius 2 is 1.77 bits per heavy atom. The van der Waals surface area contributed by atoms with Gasteiger partial charge in [-0.3, -0.25) is 4.79 Å². The molecule has 1 heterocycles. The van der Waals surface area contributed by atoms with Crippen molar-refractivity contribution < 1.29 is 9.21 Å². The van der Waals surface area contributed by atoms with E-state index in [2.05, 4.69) is 25.2 Å². The zero-order valence-electron chi connectivity index (χ0n) is 15.1. The second kappa shape index (κ2) is 8.34. The highest BCUT2D eigenvalue weighted by Gasteiger charge is 2.10. The zero-order valence-corrected chi connectivity index (χ0v) is 15.1. The molecule has 0 fully saturated rings. The van der Waals surface area contributed by atoms with Gasteiger partial charge in [-0.1, -0.05) is 62.4 Å². The minimum absolute atomic E-state index is 0.168. The predicted octanol–water partition coefficient (Wildman–Crippen LogP) is 6.11. The average Bonchev–Trinajstić information content (AvgIpc) is 3.16. The van der Waals surface area contributed by atoms with Gasteiger partial charge in [0, 0.05) is 17.3 Å². The summed E-state index contributed by atoms with van der Waals surface area (Å²) in [4.78, 5) is 12.3. The molecular formula is C23H23NO2. The standard InChI is InChI=1S/C23H23NO2/c1-3-17(2)20-11-7-8-12-21(20)24-23(25)16-14-19-13-15-22(26-19)18-9-5-4-6-10-18/h4-17H,3H2,1-2H3,(H,24,25)/b16-14+/t17-/m0/s1. The smallest absolute Gasteiger partial charge is 0.248 e. The predicted molar refractivity (Wildman–Crippen MR) is 107 cm³/mol. The van der Waals surface area contributed by atoms with Gasteiger partial charge in [0.25, 0.3) is 0 Å². The maximum Gasteiger partial charge on any atom is 0.248 e. The highest BCUT2D eigenvalue weighted by Crippen LogP contribution is 2.26. The first-order valence-electron chi connectivity index (χ1n) is 8.90. The van der Waals surface area contributed by atoms with Gasteiger partial charge in [0.15, 0.2) is 0 Å². The van der Waals surface area contributed by atoms with Crippen molar-refractivity contribution in [3.8, 4) is 11.3 Å². The van der Waals surface area contributed by atoms with Gasteiger partial charge in [0.1, 0.15) is 11.5 Å². The maximum absolute atomic E-state index is 12.3. The number of anilines is 1. The molecule has 26 heavy (non-hydrogen) atoms. The third-order valence-electron chi connectivity index (χ3n) is 4.45. The molecule has 3 aromatic rings. The van der Waals surface area contributed by atoms with Crippen LogP contribution < -0.4 is 5.32 Å². The van der Waals surface area contributed by atoms with E-state index >= 15 is 0 Å². The molecule has 0 aliphatic heterocycles. The monoisotopic (exact) mass is 345 g/mol. The maximum atomic E-state index is 12.3. The van der Waals surface area contributed by atoms with E-state index in [0.717, 1.165) is 29.0 Å². The number of amides is 1. The van der Waals surface area contributed by atoms with Crippen LogP contribution in [0, 0.1) is 0 Å². The van der Waals surface area contributed by atoms with Crippen LogP contribution in [0.3, 0.4) is 0 Å². The molecule has 3 heteroatoms. The van der Waals surface area contributed by atoms with Crippen LogP contribution in [0.4, 0.5) is 5.69 Å². The third kappa shape index (κ3) is 4.31. The Hall–Kier alpha value is -3.07. The van der Waals surface area contributed by atoms with E-state index in [-0.39, 0.29) is 5.91 Å². The molecule has 3 rings (SSSR count). The normalized spacial score (nSPS) is 12.2. The van der Waals surface area contributed by atoms with Gasteiger partial charge in [0.2, 0.25) is 5.91 Å². The summed E-state index contributed by atoms with van der Waals surface area (Å²) < 4.78 is 5.78. The molecule has 1 N–H and O–H groups in total. The number of nitrogens with one attached hydrogen (secondary N) is 1. The molecule has 0 spiro atoms. The summed E-state index contributed by atoms with van der Waals surface area (Å²) in [5.74, 6) is 1.66. The fourth-order valence-corrected chi connectivity index (χ4v) is 2.79. The van der Waals surface area contributed by atoms with Gasteiger partial charge < -0.3 is 9.73 Å². The lowest BCUT2D eigenvalue weighted by molar-refractivity contribution is -0.111. The molecular weight excluding hydrogens is 322 g/mol. The van der Waals surface area contributed by atoms with Crippen molar-refractivity contribution in [3.63, 3.8) is 0 Å². The van der Waals surface area contributed by atoms with Crippen LogP contribution >= 0.6 is 0 Å². The molecule has 0 saturated heterocycles. The number of para-hydroxylation sites is 1. The summed E-state index contributed by atoms with van der Waals surface area (Å²) in [6, 6.07) is 21.6. The van der Waals surface area contributed by atoms with E-state index < -0.39 is 0 Å². The number of carbonyl (C=O) groups is 1. The van der Waals surface area contributed by atoms with Crippen molar-refractivity contribution in [1.29, 1.82) is 0 Å². The SMILES string of the molecule is CC[C@H](C)c1ccccc1NC(=O)/C=C/c1ccc(-c2ccccc2)o1. The summed E-state index contributed by atoms with van der Waals surface area (Å²) in [7, 11) is 0. The molecule has 1 amide bonds. The number of hydrogen-bond donors (Lipinski definition) is 1. The molecule has 0 unspecified atom stereocenters. The Labute approximate surface area is 154 Å². The fraction of sp³-hybridized carbons (Fsp3) is 0.174. The Morgan fingerprint density at radius 1 is 1.04 bits per heavy atom. The van der Waals surface area contributed by atoms with Crippen LogP contribution in [-0.2, 0) is 4.79 Å². The minimum atomic E-state index is -0.168. The van der Waals surface area contributed by atoms with Crippen LogP contribution in [0.2, 0.25) is 0 Å². The van der Waals surface area contributed by atoms with Crippen molar-refractivity contribution in [2.45, 2.75) is 26.2 Å². The lowest BCUT2D eigenvalue weighted by Gasteiger charge is -2.14. The van der Waals surface area contributed by atoms with Gasteiger partial charge >= 0.3 is 0 Å². The topological polar surface area (TPSA) is 42.2 Å². The summed E-state index contributed by atoms with van der Waals surface area (Å²) >= 11 is 0. The van der Waals surface area contributed by atoms with E-state index in [0.29, 0.717) is 11.7 Å². The zero-order chi connectivity index (χ0) is 18.4. The minimum Gasteiger partial charge on any atom is -0.457 e. The Kier molecular flexibility index (Phi) is 5.69. The largest absolute Gasteiger partial charge is 0.457 e. The highest BCUT2D eigenvalue weighted by atomic mass is 16.3. The average molecular weight is 345 g/mol. The van der Waals surface area contributed by atoms with E-state index in [1.165, 1.54) is 6.08 Å². The summed E-state index contributed by atoms with van der Waals surface area (Å²) in [5.41, 5.74) is 3.03. The van der Waals surface area contributed by atoms with Gasteiger partial charge in [-0.25, -0.2) is 0 Å². The molecule has 132 valence electrons. The van der Waals surface area contributed by atoms with Crippen molar-refractivity contribution in [1.82, 2.24) is 0 Å². The fourth-order valence-electron chi connectivity index (χ4n) is 2.79. The molecule has 0 bridgehead atoms. The van der Waals surface area contributed by atoms with Crippen molar-refractivity contribution in [3.05, 3.63) is 84.1 Å². The highest BCUT2D eigenvalue weighted by molar-refractivity contribution is 6.02. The lowest BCUT2D eigenvalue weighted by Crippen LogP contribution is -2.10. The first kappa shape index (κ1) is 17.7. The first-order chi connectivity index (χ1) is 12.7. The van der Waals surface area contributed by atoms with Crippen LogP contribution in [-0.4, -0.2) is 5.91 Å². The quantitative estimate of drug-likeness (QED) is 0.547. The number of hydrogen-bond acceptors (Lipinski definition) is 2. The third-order valence-corrected chi connectivity index (χ3v) is 4.45. The van der Waals surface area contributed by atoms with Gasteiger partial charge in [0.05, 0.1) is 0 Å². The molecule has 0 saturated carbocycles. The van der Waals surface area contributed by atoms with Crippen LogP contribution in [0.1, 0.15) is 37.5 Å². The van der Waals surface area contributed by atoms with Crippen molar-refractivity contribution >= 4 is 17.7 Å². The molecule has 2 aromatic carbocycles. The van der Waals surface area contributed by atoms with E-state index in [1.54, 1.807) is 6.08 Å². The second-order valence-corrected chi connectivity index (χ2v) is 6.29. The second-order valence-electron chi connectivity index (χ2n) is 6.29. The van der Waals surface area contributed by atoms with E-state index in [9.17, 15) is 4.79 Å². The van der Waals surface area contributed by atoms with E-state index in [1.807, 2.05) is 60.7 Å². The van der Waals surface area contributed by atoms with Crippen LogP contribution in [0.25, 0.3) is 17.4 Å². The summed E-state index contributed by atoms with van der Waals surface area (Å²) in [6.45, 7) is 4.30. The summed E-state index contributed by atoms with van der Waals surface area (Å²) in [6.07, 6.45) is 4.21. The molecule has 0 radical (unpaired) electrons. The first-order valence-corrected chi connectivity index (χ1v) is 8.90. The molecule has 0 aliphatic carbocycles. The lowest BCUT2D eigenvalue weighted by atomic mass is 9.97.